The first kappa shape index (κ1) is 18.5. The van der Waals surface area contributed by atoms with E-state index in [0.717, 1.165) is 19.4 Å². The van der Waals surface area contributed by atoms with Gasteiger partial charge in [0.1, 0.15) is 0 Å². The number of rotatable bonds is 8. The average Bonchev–Trinajstić information content (AvgIpc) is 2.81. The van der Waals surface area contributed by atoms with E-state index in [2.05, 4.69) is 10.6 Å². The molecule has 0 saturated carbocycles. The molecular weight excluding hydrogens is 332 g/mol. The number of ether oxygens (including phenoxy) is 2. The Morgan fingerprint density at radius 1 is 1.17 bits per heavy atom. The Bertz CT molecular complexity index is 660. The summed E-state index contributed by atoms with van der Waals surface area (Å²) < 4.78 is 35.8. The van der Waals surface area contributed by atoms with Crippen LogP contribution in [0.2, 0.25) is 0 Å². The van der Waals surface area contributed by atoms with Gasteiger partial charge in [-0.2, -0.15) is 0 Å². The van der Waals surface area contributed by atoms with Gasteiger partial charge in [-0.3, -0.25) is 4.79 Å². The van der Waals surface area contributed by atoms with Crippen molar-refractivity contribution in [3.63, 3.8) is 0 Å². The summed E-state index contributed by atoms with van der Waals surface area (Å²) in [5, 5.41) is 5.69. The molecule has 2 N–H and O–H groups in total. The zero-order valence-electron chi connectivity index (χ0n) is 13.8. The third-order valence-corrected chi connectivity index (χ3v) is 5.32. The van der Waals surface area contributed by atoms with E-state index in [1.54, 1.807) is 6.07 Å². The first-order valence-corrected chi connectivity index (χ1v) is 9.72. The zero-order valence-corrected chi connectivity index (χ0v) is 14.7. The standard InChI is InChI=1S/C16H24N2O5S/c1-17-7-2-8-18-16(19)6-11-24(20,21)13-4-5-14-15(12-13)23-10-3-9-22-14/h4-5,12,17H,2-3,6-11H2,1H3,(H,18,19). The Hall–Kier alpha value is -1.80. The second-order valence-corrected chi connectivity index (χ2v) is 7.64. The fourth-order valence-corrected chi connectivity index (χ4v) is 3.52. The van der Waals surface area contributed by atoms with E-state index in [1.165, 1.54) is 12.1 Å². The van der Waals surface area contributed by atoms with Gasteiger partial charge in [0.2, 0.25) is 5.91 Å². The minimum Gasteiger partial charge on any atom is -0.490 e. The summed E-state index contributed by atoms with van der Waals surface area (Å²) in [6.45, 7) is 2.37. The summed E-state index contributed by atoms with van der Waals surface area (Å²) in [7, 11) is -1.71. The SMILES string of the molecule is CNCCCNC(=O)CCS(=O)(=O)c1ccc2c(c1)OCCCO2. The van der Waals surface area contributed by atoms with Crippen LogP contribution < -0.4 is 20.1 Å². The summed E-state index contributed by atoms with van der Waals surface area (Å²) in [6, 6.07) is 4.57. The molecule has 134 valence electrons. The molecule has 1 heterocycles. The highest BCUT2D eigenvalue weighted by molar-refractivity contribution is 7.91. The number of amides is 1. The number of carbonyl (C=O) groups is 1. The molecule has 1 aromatic carbocycles. The van der Waals surface area contributed by atoms with E-state index in [4.69, 9.17) is 9.47 Å². The van der Waals surface area contributed by atoms with Crippen molar-refractivity contribution in [2.24, 2.45) is 0 Å². The van der Waals surface area contributed by atoms with Gasteiger partial charge >= 0.3 is 0 Å². The van der Waals surface area contributed by atoms with Gasteiger partial charge in [0.05, 0.1) is 23.9 Å². The smallest absolute Gasteiger partial charge is 0.221 e. The third kappa shape index (κ3) is 5.38. The number of carbonyl (C=O) groups excluding carboxylic acids is 1. The Balaban J connectivity index is 1.93. The summed E-state index contributed by atoms with van der Waals surface area (Å²) in [5.74, 6) is 0.493. The molecule has 1 aromatic rings. The first-order valence-electron chi connectivity index (χ1n) is 8.06. The van der Waals surface area contributed by atoms with Crippen molar-refractivity contribution in [3.8, 4) is 11.5 Å². The van der Waals surface area contributed by atoms with E-state index >= 15 is 0 Å². The summed E-state index contributed by atoms with van der Waals surface area (Å²) >= 11 is 0. The molecule has 0 bridgehead atoms. The lowest BCUT2D eigenvalue weighted by Gasteiger charge is -2.10. The van der Waals surface area contributed by atoms with E-state index in [0.29, 0.717) is 31.3 Å². The fraction of sp³-hybridized carbons (Fsp3) is 0.562. The average molecular weight is 356 g/mol. The van der Waals surface area contributed by atoms with Gasteiger partial charge in [-0.25, -0.2) is 8.42 Å². The van der Waals surface area contributed by atoms with Gasteiger partial charge in [-0.1, -0.05) is 0 Å². The molecule has 1 aliphatic rings. The van der Waals surface area contributed by atoms with E-state index < -0.39 is 9.84 Å². The lowest BCUT2D eigenvalue weighted by atomic mass is 10.3. The van der Waals surface area contributed by atoms with Crippen molar-refractivity contribution < 1.29 is 22.7 Å². The maximum Gasteiger partial charge on any atom is 0.221 e. The van der Waals surface area contributed by atoms with Crippen molar-refractivity contribution in [3.05, 3.63) is 18.2 Å². The van der Waals surface area contributed by atoms with Crippen molar-refractivity contribution in [1.82, 2.24) is 10.6 Å². The highest BCUT2D eigenvalue weighted by Crippen LogP contribution is 2.32. The molecule has 0 fully saturated rings. The van der Waals surface area contributed by atoms with Crippen LogP contribution in [-0.2, 0) is 14.6 Å². The van der Waals surface area contributed by atoms with Gasteiger partial charge in [-0.05, 0) is 32.1 Å². The predicted octanol–water partition coefficient (Wildman–Crippen LogP) is 0.737. The van der Waals surface area contributed by atoms with Crippen LogP contribution in [0.5, 0.6) is 11.5 Å². The van der Waals surface area contributed by atoms with Gasteiger partial charge in [0, 0.05) is 25.5 Å². The number of nitrogens with one attached hydrogen (secondary N) is 2. The van der Waals surface area contributed by atoms with Crippen LogP contribution in [0, 0.1) is 0 Å². The van der Waals surface area contributed by atoms with Gasteiger partial charge in [-0.15, -0.1) is 0 Å². The van der Waals surface area contributed by atoms with Crippen molar-refractivity contribution in [2.45, 2.75) is 24.2 Å². The van der Waals surface area contributed by atoms with Crippen LogP contribution >= 0.6 is 0 Å². The monoisotopic (exact) mass is 356 g/mol. The first-order chi connectivity index (χ1) is 11.5. The summed E-state index contributed by atoms with van der Waals surface area (Å²) in [6.07, 6.45) is 1.50. The molecule has 2 rings (SSSR count). The molecule has 1 amide bonds. The minimum atomic E-state index is -3.54. The fourth-order valence-electron chi connectivity index (χ4n) is 2.26. The third-order valence-electron chi connectivity index (χ3n) is 3.60. The highest BCUT2D eigenvalue weighted by Gasteiger charge is 2.20. The molecule has 0 radical (unpaired) electrons. The van der Waals surface area contributed by atoms with Crippen molar-refractivity contribution in [1.29, 1.82) is 0 Å². The molecule has 0 aliphatic carbocycles. The lowest BCUT2D eigenvalue weighted by molar-refractivity contribution is -0.120. The Morgan fingerprint density at radius 2 is 1.92 bits per heavy atom. The zero-order chi connectivity index (χ0) is 17.4. The number of hydrogen-bond acceptors (Lipinski definition) is 6. The maximum absolute atomic E-state index is 12.4. The van der Waals surface area contributed by atoms with Gasteiger partial charge < -0.3 is 20.1 Å². The molecule has 1 aliphatic heterocycles. The molecule has 0 saturated heterocycles. The predicted molar refractivity (Wildman–Crippen MR) is 90.3 cm³/mol. The van der Waals surface area contributed by atoms with Crippen LogP contribution in [0.15, 0.2) is 23.1 Å². The van der Waals surface area contributed by atoms with E-state index in [9.17, 15) is 13.2 Å². The van der Waals surface area contributed by atoms with E-state index in [-0.39, 0.29) is 23.0 Å². The van der Waals surface area contributed by atoms with Crippen LogP contribution in [0.25, 0.3) is 0 Å². The Morgan fingerprint density at radius 3 is 2.67 bits per heavy atom. The maximum atomic E-state index is 12.4. The molecule has 0 aromatic heterocycles. The number of sulfone groups is 1. The van der Waals surface area contributed by atoms with Gasteiger partial charge in [0.25, 0.3) is 0 Å². The van der Waals surface area contributed by atoms with Crippen LogP contribution in [0.1, 0.15) is 19.3 Å². The van der Waals surface area contributed by atoms with Crippen LogP contribution in [0.3, 0.4) is 0 Å². The second-order valence-electron chi connectivity index (χ2n) is 5.53. The normalized spacial score (nSPS) is 14.0. The highest BCUT2D eigenvalue weighted by atomic mass is 32.2. The quantitative estimate of drug-likeness (QED) is 0.667. The lowest BCUT2D eigenvalue weighted by Crippen LogP contribution is -2.28. The topological polar surface area (TPSA) is 93.7 Å². The molecule has 7 nitrogen and oxygen atoms in total. The van der Waals surface area contributed by atoms with Crippen molar-refractivity contribution in [2.75, 3.05) is 39.1 Å². The summed E-state index contributed by atoms with van der Waals surface area (Å²) in [5.41, 5.74) is 0. The van der Waals surface area contributed by atoms with E-state index in [1.807, 2.05) is 7.05 Å². The molecule has 0 unspecified atom stereocenters. The molecule has 8 heteroatoms. The Labute approximate surface area is 142 Å². The number of benzene rings is 1. The molecule has 0 spiro atoms. The summed E-state index contributed by atoms with van der Waals surface area (Å²) in [4.78, 5) is 11.9. The number of hydrogen-bond donors (Lipinski definition) is 2. The van der Waals surface area contributed by atoms with Gasteiger partial charge in [0.15, 0.2) is 21.3 Å². The largest absolute Gasteiger partial charge is 0.490 e. The Kier molecular flexibility index (Phi) is 6.86. The minimum absolute atomic E-state index is 0.0592. The molecule has 24 heavy (non-hydrogen) atoms. The van der Waals surface area contributed by atoms with Crippen LogP contribution in [0.4, 0.5) is 0 Å². The second kappa shape index (κ2) is 8.89. The van der Waals surface area contributed by atoms with Crippen LogP contribution in [-0.4, -0.2) is 53.4 Å². The number of fused-ring (bicyclic) bond motifs is 1. The molecule has 0 atom stereocenters. The van der Waals surface area contributed by atoms with Crippen molar-refractivity contribution >= 4 is 15.7 Å². The molecular formula is C16H24N2O5S.